The number of benzene rings is 2. The van der Waals surface area contributed by atoms with E-state index in [1.807, 2.05) is 18.7 Å². The zero-order chi connectivity index (χ0) is 22.6. The summed E-state index contributed by atoms with van der Waals surface area (Å²) in [5, 5.41) is 0. The standard InChI is InChI=1S/C23H27F3N2O3/c1-16(2)15-31-20-8-7-17(13-21(20)30-3)22(29)28-11-9-27(10-12-28)19-6-4-5-18(14-19)23(24,25)26/h4-8,13-14,16H,9-12,15H2,1-3H3. The first-order valence-electron chi connectivity index (χ1n) is 10.2. The number of halogens is 3. The molecule has 0 atom stereocenters. The summed E-state index contributed by atoms with van der Waals surface area (Å²) in [5.74, 6) is 1.30. The molecule has 0 radical (unpaired) electrons. The van der Waals surface area contributed by atoms with Gasteiger partial charge in [0.2, 0.25) is 0 Å². The lowest BCUT2D eigenvalue weighted by atomic mass is 10.1. The number of ether oxygens (including phenoxy) is 2. The lowest BCUT2D eigenvalue weighted by Crippen LogP contribution is -2.48. The van der Waals surface area contributed by atoms with Crippen molar-refractivity contribution in [1.29, 1.82) is 0 Å². The third-order valence-electron chi connectivity index (χ3n) is 5.09. The van der Waals surface area contributed by atoms with Gasteiger partial charge in [-0.15, -0.1) is 0 Å². The molecule has 0 bridgehead atoms. The third kappa shape index (κ3) is 5.62. The van der Waals surface area contributed by atoms with Gasteiger partial charge in [-0.2, -0.15) is 13.2 Å². The minimum atomic E-state index is -4.38. The van der Waals surface area contributed by atoms with Gasteiger partial charge in [0.25, 0.3) is 5.91 Å². The maximum Gasteiger partial charge on any atom is 0.416 e. The molecule has 2 aromatic carbocycles. The summed E-state index contributed by atoms with van der Waals surface area (Å²) in [7, 11) is 1.53. The smallest absolute Gasteiger partial charge is 0.416 e. The van der Waals surface area contributed by atoms with Crippen molar-refractivity contribution in [3.8, 4) is 11.5 Å². The van der Waals surface area contributed by atoms with Gasteiger partial charge in [0.15, 0.2) is 11.5 Å². The predicted molar refractivity (Wildman–Crippen MR) is 113 cm³/mol. The Morgan fingerprint density at radius 3 is 2.35 bits per heavy atom. The molecule has 1 aliphatic heterocycles. The minimum Gasteiger partial charge on any atom is -0.493 e. The first-order valence-corrected chi connectivity index (χ1v) is 10.2. The fourth-order valence-electron chi connectivity index (χ4n) is 3.41. The molecule has 0 aliphatic carbocycles. The number of amides is 1. The van der Waals surface area contributed by atoms with Crippen LogP contribution in [0.1, 0.15) is 29.8 Å². The summed E-state index contributed by atoms with van der Waals surface area (Å²) in [6.07, 6.45) is -4.38. The van der Waals surface area contributed by atoms with E-state index in [0.29, 0.717) is 61.5 Å². The van der Waals surface area contributed by atoms with E-state index in [1.54, 1.807) is 29.2 Å². The molecule has 8 heteroatoms. The Balaban J connectivity index is 1.65. The molecule has 3 rings (SSSR count). The zero-order valence-corrected chi connectivity index (χ0v) is 17.9. The molecule has 2 aromatic rings. The second-order valence-corrected chi connectivity index (χ2v) is 7.90. The normalized spacial score (nSPS) is 14.7. The van der Waals surface area contributed by atoms with Crippen molar-refractivity contribution < 1.29 is 27.4 Å². The van der Waals surface area contributed by atoms with E-state index in [0.717, 1.165) is 12.1 Å². The van der Waals surface area contributed by atoms with Crippen molar-refractivity contribution in [2.75, 3.05) is 44.8 Å². The fraction of sp³-hybridized carbons (Fsp3) is 0.435. The van der Waals surface area contributed by atoms with Gasteiger partial charge in [-0.3, -0.25) is 4.79 Å². The number of piperazine rings is 1. The Bertz CT molecular complexity index is 907. The second kappa shape index (κ2) is 9.49. The van der Waals surface area contributed by atoms with Crippen molar-refractivity contribution in [1.82, 2.24) is 4.90 Å². The van der Waals surface area contributed by atoms with Crippen molar-refractivity contribution in [2.24, 2.45) is 5.92 Å². The van der Waals surface area contributed by atoms with Crippen LogP contribution in [0.4, 0.5) is 18.9 Å². The summed E-state index contributed by atoms with van der Waals surface area (Å²) >= 11 is 0. The first kappa shape index (κ1) is 22.8. The molecule has 1 fully saturated rings. The number of alkyl halides is 3. The molecule has 0 spiro atoms. The Morgan fingerprint density at radius 1 is 1.03 bits per heavy atom. The van der Waals surface area contributed by atoms with Crippen molar-refractivity contribution in [2.45, 2.75) is 20.0 Å². The number of methoxy groups -OCH3 is 1. The van der Waals surface area contributed by atoms with E-state index >= 15 is 0 Å². The Labute approximate surface area is 180 Å². The average molecular weight is 436 g/mol. The summed E-state index contributed by atoms with van der Waals surface area (Å²) in [6, 6.07) is 10.4. The van der Waals surface area contributed by atoms with Gasteiger partial charge in [-0.1, -0.05) is 19.9 Å². The van der Waals surface area contributed by atoms with Gasteiger partial charge in [0.1, 0.15) is 0 Å². The number of carbonyl (C=O) groups is 1. The Hall–Kier alpha value is -2.90. The number of nitrogens with zero attached hydrogens (tertiary/aromatic N) is 2. The van der Waals surface area contributed by atoms with Gasteiger partial charge in [-0.05, 0) is 42.3 Å². The third-order valence-corrected chi connectivity index (χ3v) is 5.09. The van der Waals surface area contributed by atoms with E-state index in [-0.39, 0.29) is 5.91 Å². The van der Waals surface area contributed by atoms with E-state index < -0.39 is 11.7 Å². The van der Waals surface area contributed by atoms with Crippen LogP contribution < -0.4 is 14.4 Å². The summed E-state index contributed by atoms with van der Waals surface area (Å²) < 4.78 is 50.0. The highest BCUT2D eigenvalue weighted by Gasteiger charge is 2.31. The maximum atomic E-state index is 13.0. The van der Waals surface area contributed by atoms with Crippen LogP contribution in [0.3, 0.4) is 0 Å². The maximum absolute atomic E-state index is 13.0. The highest BCUT2D eigenvalue weighted by atomic mass is 19.4. The number of rotatable bonds is 6. The molecule has 0 saturated carbocycles. The molecular formula is C23H27F3N2O3. The molecular weight excluding hydrogens is 409 g/mol. The van der Waals surface area contributed by atoms with Gasteiger partial charge >= 0.3 is 6.18 Å². The van der Waals surface area contributed by atoms with Crippen LogP contribution in [-0.4, -0.2) is 50.7 Å². The SMILES string of the molecule is COc1cc(C(=O)N2CCN(c3cccc(C(F)(F)F)c3)CC2)ccc1OCC(C)C. The molecule has 168 valence electrons. The summed E-state index contributed by atoms with van der Waals surface area (Å²) in [4.78, 5) is 16.5. The zero-order valence-electron chi connectivity index (χ0n) is 17.9. The number of hydrogen-bond donors (Lipinski definition) is 0. The second-order valence-electron chi connectivity index (χ2n) is 7.90. The molecule has 0 unspecified atom stereocenters. The Morgan fingerprint density at radius 2 is 1.74 bits per heavy atom. The molecule has 0 N–H and O–H groups in total. The van der Waals surface area contributed by atoms with Crippen LogP contribution in [0.5, 0.6) is 11.5 Å². The minimum absolute atomic E-state index is 0.141. The molecule has 1 aliphatic rings. The van der Waals surface area contributed by atoms with Crippen LogP contribution in [0, 0.1) is 5.92 Å². The largest absolute Gasteiger partial charge is 0.493 e. The van der Waals surface area contributed by atoms with Gasteiger partial charge in [0.05, 0.1) is 19.3 Å². The van der Waals surface area contributed by atoms with E-state index in [9.17, 15) is 18.0 Å². The van der Waals surface area contributed by atoms with Gasteiger partial charge in [0, 0.05) is 37.4 Å². The van der Waals surface area contributed by atoms with Crippen LogP contribution >= 0.6 is 0 Å². The van der Waals surface area contributed by atoms with Crippen molar-refractivity contribution in [3.63, 3.8) is 0 Å². The lowest BCUT2D eigenvalue weighted by Gasteiger charge is -2.36. The van der Waals surface area contributed by atoms with Crippen LogP contribution in [-0.2, 0) is 6.18 Å². The Kier molecular flexibility index (Phi) is 6.97. The fourth-order valence-corrected chi connectivity index (χ4v) is 3.41. The van der Waals surface area contributed by atoms with E-state index in [2.05, 4.69) is 0 Å². The van der Waals surface area contributed by atoms with Crippen molar-refractivity contribution >= 4 is 11.6 Å². The molecule has 5 nitrogen and oxygen atoms in total. The summed E-state index contributed by atoms with van der Waals surface area (Å²) in [6.45, 7) is 6.39. The van der Waals surface area contributed by atoms with Crippen molar-refractivity contribution in [3.05, 3.63) is 53.6 Å². The highest BCUT2D eigenvalue weighted by Crippen LogP contribution is 2.32. The van der Waals surface area contributed by atoms with Gasteiger partial charge in [-0.25, -0.2) is 0 Å². The molecule has 31 heavy (non-hydrogen) atoms. The molecule has 0 aromatic heterocycles. The van der Waals surface area contributed by atoms with E-state index in [4.69, 9.17) is 9.47 Å². The highest BCUT2D eigenvalue weighted by molar-refractivity contribution is 5.95. The summed E-state index contributed by atoms with van der Waals surface area (Å²) in [5.41, 5.74) is 0.326. The van der Waals surface area contributed by atoms with Crippen LogP contribution in [0.2, 0.25) is 0 Å². The number of hydrogen-bond acceptors (Lipinski definition) is 4. The molecule has 1 saturated heterocycles. The average Bonchev–Trinajstić information content (AvgIpc) is 2.76. The topological polar surface area (TPSA) is 42.0 Å². The number of carbonyl (C=O) groups excluding carboxylic acids is 1. The lowest BCUT2D eigenvalue weighted by molar-refractivity contribution is -0.137. The predicted octanol–water partition coefficient (Wildman–Crippen LogP) is 4.71. The van der Waals surface area contributed by atoms with Crippen LogP contribution in [0.15, 0.2) is 42.5 Å². The van der Waals surface area contributed by atoms with Crippen LogP contribution in [0.25, 0.3) is 0 Å². The number of anilines is 1. The molecule has 1 amide bonds. The molecule has 1 heterocycles. The van der Waals surface area contributed by atoms with Gasteiger partial charge < -0.3 is 19.3 Å². The first-order chi connectivity index (χ1) is 14.7. The van der Waals surface area contributed by atoms with E-state index in [1.165, 1.54) is 13.2 Å². The quantitative estimate of drug-likeness (QED) is 0.658. The monoisotopic (exact) mass is 436 g/mol.